The molecule has 1 aliphatic carbocycles. The second-order valence-electron chi connectivity index (χ2n) is 7.30. The number of nitrogens with one attached hydrogen (secondary N) is 1. The van der Waals surface area contributed by atoms with Gasteiger partial charge in [-0.3, -0.25) is 9.48 Å². The Labute approximate surface area is 138 Å². The molecule has 1 aliphatic heterocycles. The molecule has 1 atom stereocenters. The number of amides is 1. The van der Waals surface area contributed by atoms with Crippen LogP contribution in [0.15, 0.2) is 0 Å². The van der Waals surface area contributed by atoms with Crippen molar-refractivity contribution in [2.24, 2.45) is 7.05 Å². The molecule has 1 N–H and O–H groups in total. The fraction of sp³-hybridized carbons (Fsp3) is 0.778. The van der Waals surface area contributed by atoms with Crippen molar-refractivity contribution >= 4 is 5.91 Å². The van der Waals surface area contributed by atoms with Gasteiger partial charge in [-0.15, -0.1) is 0 Å². The molecule has 3 rings (SSSR count). The Morgan fingerprint density at radius 2 is 2.09 bits per heavy atom. The molecule has 128 valence electrons. The summed E-state index contributed by atoms with van der Waals surface area (Å²) in [5.74, 6) is 0.133. The van der Waals surface area contributed by atoms with Gasteiger partial charge in [-0.2, -0.15) is 5.10 Å². The number of nitrogens with zero attached hydrogens (tertiary/aromatic N) is 2. The molecule has 2 aliphatic rings. The molecular formula is C18H29N3O2. The minimum atomic E-state index is 0.0622. The molecule has 5 nitrogen and oxygen atoms in total. The summed E-state index contributed by atoms with van der Waals surface area (Å²) in [7, 11) is 1.95. The minimum absolute atomic E-state index is 0.0622. The van der Waals surface area contributed by atoms with Gasteiger partial charge in [-0.25, -0.2) is 0 Å². The maximum Gasteiger partial charge on any atom is 0.220 e. The van der Waals surface area contributed by atoms with Gasteiger partial charge in [0.2, 0.25) is 5.91 Å². The van der Waals surface area contributed by atoms with Gasteiger partial charge in [0, 0.05) is 19.2 Å². The molecule has 2 fully saturated rings. The van der Waals surface area contributed by atoms with Crippen LogP contribution in [0.4, 0.5) is 0 Å². The lowest BCUT2D eigenvalue weighted by Crippen LogP contribution is -2.37. The first-order valence-electron chi connectivity index (χ1n) is 8.91. The predicted octanol–water partition coefficient (Wildman–Crippen LogP) is 2.58. The fourth-order valence-corrected chi connectivity index (χ4v) is 4.20. The summed E-state index contributed by atoms with van der Waals surface area (Å²) in [5.41, 5.74) is 3.45. The third-order valence-electron chi connectivity index (χ3n) is 5.60. The predicted molar refractivity (Wildman–Crippen MR) is 89.3 cm³/mol. The second-order valence-corrected chi connectivity index (χ2v) is 7.30. The van der Waals surface area contributed by atoms with Crippen molar-refractivity contribution in [1.82, 2.24) is 15.1 Å². The Balaban J connectivity index is 1.48. The summed E-state index contributed by atoms with van der Waals surface area (Å²) in [6, 6.07) is 0.191. The summed E-state index contributed by atoms with van der Waals surface area (Å²) in [6.45, 7) is 4.75. The molecule has 1 saturated heterocycles. The molecular weight excluding hydrogens is 290 g/mol. The lowest BCUT2D eigenvalue weighted by molar-refractivity contribution is -0.121. The first-order chi connectivity index (χ1) is 11.0. The summed E-state index contributed by atoms with van der Waals surface area (Å²) < 4.78 is 7.96. The molecule has 1 spiro atoms. The zero-order valence-electron chi connectivity index (χ0n) is 14.7. The third kappa shape index (κ3) is 3.60. The minimum Gasteiger partial charge on any atom is -0.373 e. The van der Waals surface area contributed by atoms with Gasteiger partial charge < -0.3 is 10.1 Å². The zero-order chi connectivity index (χ0) is 16.4. The Hall–Kier alpha value is -1.36. The monoisotopic (exact) mass is 319 g/mol. The van der Waals surface area contributed by atoms with E-state index in [2.05, 4.69) is 17.3 Å². The number of aromatic nitrogens is 2. The standard InChI is InChI=1S/C18H29N3O2/c1-13-16(14(2)21(3)20-13)7-8-17(22)19-15-11-18(23-12-15)9-5-4-6-10-18/h15H,4-12H2,1-3H3,(H,19,22)/t15-/m1/s1. The van der Waals surface area contributed by atoms with Crippen molar-refractivity contribution < 1.29 is 9.53 Å². The van der Waals surface area contributed by atoms with Gasteiger partial charge in [0.15, 0.2) is 0 Å². The quantitative estimate of drug-likeness (QED) is 0.928. The highest BCUT2D eigenvalue weighted by Crippen LogP contribution is 2.39. The van der Waals surface area contributed by atoms with E-state index in [1.807, 2.05) is 18.7 Å². The Morgan fingerprint density at radius 3 is 2.74 bits per heavy atom. The Morgan fingerprint density at radius 1 is 1.35 bits per heavy atom. The van der Waals surface area contributed by atoms with E-state index in [-0.39, 0.29) is 17.6 Å². The highest BCUT2D eigenvalue weighted by molar-refractivity contribution is 5.76. The highest BCUT2D eigenvalue weighted by atomic mass is 16.5. The molecule has 1 aromatic heterocycles. The number of aryl methyl sites for hydroxylation is 2. The smallest absolute Gasteiger partial charge is 0.220 e. The lowest BCUT2D eigenvalue weighted by Gasteiger charge is -2.32. The molecule has 0 bridgehead atoms. The van der Waals surface area contributed by atoms with Crippen LogP contribution in [0, 0.1) is 13.8 Å². The average molecular weight is 319 g/mol. The van der Waals surface area contributed by atoms with Crippen molar-refractivity contribution in [3.63, 3.8) is 0 Å². The average Bonchev–Trinajstić information content (AvgIpc) is 3.00. The van der Waals surface area contributed by atoms with Crippen LogP contribution in [0.5, 0.6) is 0 Å². The van der Waals surface area contributed by atoms with Gasteiger partial charge in [0.1, 0.15) is 0 Å². The van der Waals surface area contributed by atoms with Crippen LogP contribution >= 0.6 is 0 Å². The summed E-state index contributed by atoms with van der Waals surface area (Å²) in [4.78, 5) is 12.3. The van der Waals surface area contributed by atoms with E-state index in [0.29, 0.717) is 13.0 Å². The Bertz CT molecular complexity index is 573. The van der Waals surface area contributed by atoms with Crippen LogP contribution in [-0.2, 0) is 23.0 Å². The van der Waals surface area contributed by atoms with E-state index in [9.17, 15) is 4.79 Å². The number of carbonyl (C=O) groups is 1. The van der Waals surface area contributed by atoms with Gasteiger partial charge in [-0.05, 0) is 45.1 Å². The van der Waals surface area contributed by atoms with Crippen molar-refractivity contribution in [1.29, 1.82) is 0 Å². The van der Waals surface area contributed by atoms with E-state index < -0.39 is 0 Å². The highest BCUT2D eigenvalue weighted by Gasteiger charge is 2.41. The molecule has 1 aromatic rings. The molecule has 2 heterocycles. The first-order valence-corrected chi connectivity index (χ1v) is 8.91. The van der Waals surface area contributed by atoms with Crippen LogP contribution in [0.1, 0.15) is 61.9 Å². The van der Waals surface area contributed by atoms with Crippen LogP contribution < -0.4 is 5.32 Å². The number of ether oxygens (including phenoxy) is 1. The number of rotatable bonds is 4. The van der Waals surface area contributed by atoms with Crippen LogP contribution in [0.25, 0.3) is 0 Å². The zero-order valence-corrected chi connectivity index (χ0v) is 14.7. The summed E-state index contributed by atoms with van der Waals surface area (Å²) >= 11 is 0. The van der Waals surface area contributed by atoms with Crippen LogP contribution in [0.2, 0.25) is 0 Å². The maximum absolute atomic E-state index is 12.3. The van der Waals surface area contributed by atoms with Gasteiger partial charge in [0.05, 0.1) is 23.9 Å². The van der Waals surface area contributed by atoms with Crippen molar-refractivity contribution in [2.75, 3.05) is 6.61 Å². The molecule has 1 saturated carbocycles. The number of hydrogen-bond acceptors (Lipinski definition) is 3. The molecule has 0 radical (unpaired) electrons. The largest absolute Gasteiger partial charge is 0.373 e. The lowest BCUT2D eigenvalue weighted by atomic mass is 9.82. The number of hydrogen-bond donors (Lipinski definition) is 1. The number of carbonyl (C=O) groups excluding carboxylic acids is 1. The normalized spacial score (nSPS) is 23.3. The fourth-order valence-electron chi connectivity index (χ4n) is 4.20. The summed E-state index contributed by atoms with van der Waals surface area (Å²) in [5, 5.41) is 7.59. The van der Waals surface area contributed by atoms with Crippen molar-refractivity contribution in [3.05, 3.63) is 17.0 Å². The van der Waals surface area contributed by atoms with E-state index in [1.54, 1.807) is 0 Å². The van der Waals surface area contributed by atoms with E-state index in [4.69, 9.17) is 4.74 Å². The molecule has 0 aromatic carbocycles. The molecule has 23 heavy (non-hydrogen) atoms. The van der Waals surface area contributed by atoms with E-state index >= 15 is 0 Å². The maximum atomic E-state index is 12.3. The topological polar surface area (TPSA) is 56.2 Å². The molecule has 5 heteroatoms. The molecule has 1 amide bonds. The van der Waals surface area contributed by atoms with Crippen molar-refractivity contribution in [3.8, 4) is 0 Å². The van der Waals surface area contributed by atoms with Gasteiger partial charge >= 0.3 is 0 Å². The second kappa shape index (κ2) is 6.63. The van der Waals surface area contributed by atoms with Crippen LogP contribution in [-0.4, -0.2) is 33.9 Å². The third-order valence-corrected chi connectivity index (χ3v) is 5.60. The van der Waals surface area contributed by atoms with E-state index in [1.165, 1.54) is 24.8 Å². The SMILES string of the molecule is Cc1nn(C)c(C)c1CCC(=O)N[C@H]1COC2(CCCCC2)C1. The Kier molecular flexibility index (Phi) is 4.76. The molecule has 0 unspecified atom stereocenters. The van der Waals surface area contributed by atoms with Crippen molar-refractivity contribution in [2.45, 2.75) is 76.9 Å². The first kappa shape index (κ1) is 16.5. The van der Waals surface area contributed by atoms with Crippen LogP contribution in [0.3, 0.4) is 0 Å². The van der Waals surface area contributed by atoms with Gasteiger partial charge in [-0.1, -0.05) is 19.3 Å². The summed E-state index contributed by atoms with van der Waals surface area (Å²) in [6.07, 6.45) is 8.45. The van der Waals surface area contributed by atoms with E-state index in [0.717, 1.165) is 37.1 Å². The van der Waals surface area contributed by atoms with Gasteiger partial charge in [0.25, 0.3) is 0 Å².